The Bertz CT molecular complexity index is 933. The van der Waals surface area contributed by atoms with Gasteiger partial charge in [0.25, 0.3) is 5.91 Å². The normalized spacial score (nSPS) is 20.6. The van der Waals surface area contributed by atoms with Crippen LogP contribution in [0, 0.1) is 0 Å². The molecule has 1 aromatic carbocycles. The maximum absolute atomic E-state index is 12.9. The van der Waals surface area contributed by atoms with Gasteiger partial charge in [0.2, 0.25) is 0 Å². The van der Waals surface area contributed by atoms with Crippen molar-refractivity contribution in [1.82, 2.24) is 15.2 Å². The highest BCUT2D eigenvalue weighted by Crippen LogP contribution is 2.31. The van der Waals surface area contributed by atoms with Crippen LogP contribution < -0.4 is 5.32 Å². The average Bonchev–Trinajstić information content (AvgIpc) is 3.20. The minimum absolute atomic E-state index is 0.207. The van der Waals surface area contributed by atoms with E-state index in [0.29, 0.717) is 0 Å². The van der Waals surface area contributed by atoms with Crippen molar-refractivity contribution in [1.29, 1.82) is 0 Å². The van der Waals surface area contributed by atoms with E-state index < -0.39 is 5.54 Å². The fourth-order valence-corrected chi connectivity index (χ4v) is 3.82. The fraction of sp³-hybridized carbons (Fsp3) is 0.167. The standard InChI is InChI=1S/C18H15N3O2S/c1-18(14-7-9-24-11-14)16(22)21(17(23)20-18)10-13-5-2-4-12-6-3-8-19-15(12)13/h2-9,11H,10H2,1H3,(H,20,23). The molecule has 6 heteroatoms. The highest BCUT2D eigenvalue weighted by atomic mass is 32.1. The van der Waals surface area contributed by atoms with E-state index >= 15 is 0 Å². The largest absolute Gasteiger partial charge is 0.325 e. The van der Waals surface area contributed by atoms with Gasteiger partial charge in [-0.05, 0) is 40.9 Å². The van der Waals surface area contributed by atoms with Crippen LogP contribution in [0.1, 0.15) is 18.1 Å². The third-order valence-electron chi connectivity index (χ3n) is 4.42. The van der Waals surface area contributed by atoms with E-state index in [1.807, 2.05) is 47.2 Å². The van der Waals surface area contributed by atoms with Crippen LogP contribution in [0.15, 0.2) is 53.4 Å². The minimum Gasteiger partial charge on any atom is -0.319 e. The topological polar surface area (TPSA) is 62.3 Å². The van der Waals surface area contributed by atoms with E-state index in [1.54, 1.807) is 13.1 Å². The van der Waals surface area contributed by atoms with Crippen molar-refractivity contribution in [3.63, 3.8) is 0 Å². The van der Waals surface area contributed by atoms with E-state index in [2.05, 4.69) is 10.3 Å². The number of hydrogen-bond donors (Lipinski definition) is 1. The second-order valence-corrected chi connectivity index (χ2v) is 6.73. The number of amides is 3. The van der Waals surface area contributed by atoms with Gasteiger partial charge < -0.3 is 5.32 Å². The lowest BCUT2D eigenvalue weighted by molar-refractivity contribution is -0.131. The monoisotopic (exact) mass is 337 g/mol. The van der Waals surface area contributed by atoms with Crippen molar-refractivity contribution >= 4 is 34.2 Å². The van der Waals surface area contributed by atoms with Gasteiger partial charge in [-0.25, -0.2) is 4.79 Å². The lowest BCUT2D eigenvalue weighted by Gasteiger charge is -2.20. The average molecular weight is 337 g/mol. The molecule has 2 aromatic heterocycles. The van der Waals surface area contributed by atoms with Crippen molar-refractivity contribution in [2.45, 2.75) is 19.0 Å². The first-order valence-electron chi connectivity index (χ1n) is 7.59. The van der Waals surface area contributed by atoms with Gasteiger partial charge in [0.15, 0.2) is 0 Å². The highest BCUT2D eigenvalue weighted by molar-refractivity contribution is 7.08. The zero-order valence-electron chi connectivity index (χ0n) is 13.0. The minimum atomic E-state index is -1.00. The first-order valence-corrected chi connectivity index (χ1v) is 8.53. The first-order chi connectivity index (χ1) is 11.6. The van der Waals surface area contributed by atoms with Gasteiger partial charge in [-0.3, -0.25) is 14.7 Å². The smallest absolute Gasteiger partial charge is 0.319 e. The molecule has 4 rings (SSSR count). The Morgan fingerprint density at radius 1 is 1.21 bits per heavy atom. The number of carbonyl (C=O) groups is 2. The van der Waals surface area contributed by atoms with Crippen molar-refractivity contribution in [2.24, 2.45) is 0 Å². The number of pyridine rings is 1. The van der Waals surface area contributed by atoms with Crippen LogP contribution in [-0.2, 0) is 16.9 Å². The number of para-hydroxylation sites is 1. The summed E-state index contributed by atoms with van der Waals surface area (Å²) >= 11 is 1.50. The van der Waals surface area contributed by atoms with Crippen LogP contribution in [0.5, 0.6) is 0 Å². The molecule has 0 spiro atoms. The molecule has 120 valence electrons. The molecule has 24 heavy (non-hydrogen) atoms. The van der Waals surface area contributed by atoms with Gasteiger partial charge >= 0.3 is 6.03 Å². The molecule has 0 bridgehead atoms. The second kappa shape index (κ2) is 5.42. The van der Waals surface area contributed by atoms with E-state index in [-0.39, 0.29) is 18.5 Å². The molecule has 1 saturated heterocycles. The zero-order chi connectivity index (χ0) is 16.7. The van der Waals surface area contributed by atoms with E-state index in [9.17, 15) is 9.59 Å². The second-order valence-electron chi connectivity index (χ2n) is 5.95. The molecule has 0 saturated carbocycles. The number of hydrogen-bond acceptors (Lipinski definition) is 4. The molecule has 1 fully saturated rings. The Hall–Kier alpha value is -2.73. The predicted molar refractivity (Wildman–Crippen MR) is 92.5 cm³/mol. The Labute approximate surface area is 142 Å². The van der Waals surface area contributed by atoms with Crippen molar-refractivity contribution in [2.75, 3.05) is 0 Å². The Morgan fingerprint density at radius 3 is 2.83 bits per heavy atom. The van der Waals surface area contributed by atoms with Crippen LogP contribution in [0.2, 0.25) is 0 Å². The lowest BCUT2D eigenvalue weighted by atomic mass is 9.95. The molecule has 1 atom stereocenters. The number of fused-ring (bicyclic) bond motifs is 1. The summed E-state index contributed by atoms with van der Waals surface area (Å²) in [4.78, 5) is 31.0. The number of aromatic nitrogens is 1. The SMILES string of the molecule is CC1(c2ccsc2)NC(=O)N(Cc2cccc3cccnc23)C1=O. The number of carbonyl (C=O) groups excluding carboxylic acids is 2. The molecular formula is C18H15N3O2S. The molecule has 0 aliphatic carbocycles. The van der Waals surface area contributed by atoms with Gasteiger partial charge in [0.05, 0.1) is 12.1 Å². The summed E-state index contributed by atoms with van der Waals surface area (Å²) < 4.78 is 0. The Kier molecular flexibility index (Phi) is 3.35. The molecule has 5 nitrogen and oxygen atoms in total. The molecular weight excluding hydrogens is 322 g/mol. The van der Waals surface area contributed by atoms with Gasteiger partial charge in [0, 0.05) is 11.6 Å². The number of rotatable bonds is 3. The summed E-state index contributed by atoms with van der Waals surface area (Å²) in [7, 11) is 0. The summed E-state index contributed by atoms with van der Waals surface area (Å²) in [6, 6.07) is 11.1. The van der Waals surface area contributed by atoms with Gasteiger partial charge in [-0.2, -0.15) is 11.3 Å². The Balaban J connectivity index is 1.70. The highest BCUT2D eigenvalue weighted by Gasteiger charge is 2.49. The van der Waals surface area contributed by atoms with E-state index in [4.69, 9.17) is 0 Å². The number of imide groups is 1. The molecule has 3 amide bonds. The molecule has 3 heterocycles. The number of benzene rings is 1. The van der Waals surface area contributed by atoms with Crippen molar-refractivity contribution in [3.8, 4) is 0 Å². The summed E-state index contributed by atoms with van der Waals surface area (Å²) in [6.07, 6.45) is 1.72. The quantitative estimate of drug-likeness (QED) is 0.746. The van der Waals surface area contributed by atoms with Gasteiger partial charge in [0.1, 0.15) is 5.54 Å². The van der Waals surface area contributed by atoms with Crippen molar-refractivity contribution < 1.29 is 9.59 Å². The number of urea groups is 1. The third-order valence-corrected chi connectivity index (χ3v) is 5.10. The Morgan fingerprint density at radius 2 is 2.04 bits per heavy atom. The summed E-state index contributed by atoms with van der Waals surface area (Å²) in [5.74, 6) is -0.237. The lowest BCUT2D eigenvalue weighted by Crippen LogP contribution is -2.40. The van der Waals surface area contributed by atoms with Crippen LogP contribution in [0.4, 0.5) is 4.79 Å². The summed E-state index contributed by atoms with van der Waals surface area (Å²) in [6.45, 7) is 1.95. The maximum Gasteiger partial charge on any atom is 0.325 e. The van der Waals surface area contributed by atoms with E-state index in [1.165, 1.54) is 16.2 Å². The molecule has 3 aromatic rings. The van der Waals surface area contributed by atoms with E-state index in [0.717, 1.165) is 22.0 Å². The molecule has 1 N–H and O–H groups in total. The zero-order valence-corrected chi connectivity index (χ0v) is 13.8. The van der Waals surface area contributed by atoms with Crippen molar-refractivity contribution in [3.05, 3.63) is 64.5 Å². The molecule has 1 aliphatic rings. The van der Waals surface area contributed by atoms with Crippen LogP contribution >= 0.6 is 11.3 Å². The van der Waals surface area contributed by atoms with Gasteiger partial charge in [-0.1, -0.05) is 24.3 Å². The number of nitrogens with one attached hydrogen (secondary N) is 1. The van der Waals surface area contributed by atoms with Crippen LogP contribution in [-0.4, -0.2) is 21.8 Å². The fourth-order valence-electron chi connectivity index (χ4n) is 3.05. The van der Waals surface area contributed by atoms with Gasteiger partial charge in [-0.15, -0.1) is 0 Å². The number of nitrogens with zero attached hydrogens (tertiary/aromatic N) is 2. The maximum atomic E-state index is 12.9. The summed E-state index contributed by atoms with van der Waals surface area (Å²) in [5.41, 5.74) is 1.47. The predicted octanol–water partition coefficient (Wildman–Crippen LogP) is 3.26. The molecule has 0 radical (unpaired) electrons. The van der Waals surface area contributed by atoms with Crippen LogP contribution in [0.25, 0.3) is 10.9 Å². The molecule has 1 aliphatic heterocycles. The number of thiophene rings is 1. The first kappa shape index (κ1) is 14.8. The van der Waals surface area contributed by atoms with Crippen LogP contribution in [0.3, 0.4) is 0 Å². The molecule has 1 unspecified atom stereocenters. The summed E-state index contributed by atoms with van der Waals surface area (Å²) in [5, 5.41) is 7.60. The third kappa shape index (κ3) is 2.18.